The number of aromatic nitrogens is 2. The molecule has 0 bridgehead atoms. The van der Waals surface area contributed by atoms with Crippen LogP contribution in [0.3, 0.4) is 0 Å². The molecule has 6 heteroatoms. The first kappa shape index (κ1) is 14.0. The molecule has 1 fully saturated rings. The van der Waals surface area contributed by atoms with Crippen LogP contribution in [0.4, 0.5) is 11.6 Å². The Morgan fingerprint density at radius 2 is 2.00 bits per heavy atom. The van der Waals surface area contributed by atoms with Crippen molar-refractivity contribution in [2.24, 2.45) is 5.73 Å². The predicted octanol–water partition coefficient (Wildman–Crippen LogP) is 0.378. The molecule has 0 spiro atoms. The first-order valence-corrected chi connectivity index (χ1v) is 6.95. The second kappa shape index (κ2) is 6.68. The normalized spacial score (nSPS) is 16.9. The number of piperazine rings is 1. The van der Waals surface area contributed by atoms with Crippen molar-refractivity contribution in [3.63, 3.8) is 0 Å². The van der Waals surface area contributed by atoms with Crippen molar-refractivity contribution in [3.8, 4) is 0 Å². The van der Waals surface area contributed by atoms with Crippen LogP contribution in [0.2, 0.25) is 0 Å². The minimum absolute atomic E-state index is 0.379. The van der Waals surface area contributed by atoms with Crippen LogP contribution >= 0.6 is 0 Å². The van der Waals surface area contributed by atoms with Gasteiger partial charge < -0.3 is 16.0 Å². The van der Waals surface area contributed by atoms with Crippen LogP contribution in [0.15, 0.2) is 12.4 Å². The van der Waals surface area contributed by atoms with Crippen molar-refractivity contribution in [2.75, 3.05) is 49.5 Å². The maximum absolute atomic E-state index is 5.59. The Hall–Kier alpha value is -1.40. The lowest BCUT2D eigenvalue weighted by molar-refractivity contribution is 0.264. The van der Waals surface area contributed by atoms with Gasteiger partial charge >= 0.3 is 0 Å². The van der Waals surface area contributed by atoms with E-state index in [1.54, 1.807) is 6.33 Å². The molecular weight excluding hydrogens is 240 g/mol. The van der Waals surface area contributed by atoms with Crippen molar-refractivity contribution >= 4 is 11.6 Å². The number of rotatable bonds is 5. The third kappa shape index (κ3) is 4.04. The summed E-state index contributed by atoms with van der Waals surface area (Å²) in [6.45, 7) is 10.0. The fourth-order valence-electron chi connectivity index (χ4n) is 2.28. The lowest BCUT2D eigenvalue weighted by atomic mass is 10.3. The Morgan fingerprint density at radius 3 is 2.63 bits per heavy atom. The van der Waals surface area contributed by atoms with Gasteiger partial charge in [-0.3, -0.25) is 4.90 Å². The van der Waals surface area contributed by atoms with E-state index < -0.39 is 0 Å². The van der Waals surface area contributed by atoms with Crippen LogP contribution in [0.25, 0.3) is 0 Å². The van der Waals surface area contributed by atoms with Gasteiger partial charge in [-0.05, 0) is 13.8 Å². The van der Waals surface area contributed by atoms with Crippen LogP contribution in [-0.2, 0) is 0 Å². The highest BCUT2D eigenvalue weighted by Crippen LogP contribution is 2.16. The highest BCUT2D eigenvalue weighted by molar-refractivity contribution is 5.49. The Balaban J connectivity index is 1.95. The molecule has 0 unspecified atom stereocenters. The highest BCUT2D eigenvalue weighted by atomic mass is 15.3. The Morgan fingerprint density at radius 1 is 1.26 bits per heavy atom. The number of nitrogens with one attached hydrogen (secondary N) is 1. The highest BCUT2D eigenvalue weighted by Gasteiger charge is 2.17. The SMILES string of the molecule is CC(C)Nc1cc(N2CCN(CCN)CC2)ncn1. The summed E-state index contributed by atoms with van der Waals surface area (Å²) in [5.41, 5.74) is 5.59. The van der Waals surface area contributed by atoms with E-state index in [9.17, 15) is 0 Å². The minimum Gasteiger partial charge on any atom is -0.368 e. The molecule has 2 rings (SSSR count). The summed E-state index contributed by atoms with van der Waals surface area (Å²) in [6, 6.07) is 2.41. The molecule has 2 heterocycles. The van der Waals surface area contributed by atoms with Gasteiger partial charge in [0.05, 0.1) is 0 Å². The molecule has 0 atom stereocenters. The van der Waals surface area contributed by atoms with E-state index >= 15 is 0 Å². The third-order valence-electron chi connectivity index (χ3n) is 3.23. The standard InChI is InChI=1S/C13H24N6/c1-11(2)17-12-9-13(16-10-15-12)19-7-5-18(4-3-14)6-8-19/h9-11H,3-8,14H2,1-2H3,(H,15,16,17). The summed E-state index contributed by atoms with van der Waals surface area (Å²) in [7, 11) is 0. The van der Waals surface area contributed by atoms with Crippen LogP contribution in [-0.4, -0.2) is 60.2 Å². The molecule has 0 aliphatic carbocycles. The molecular formula is C13H24N6. The molecule has 0 amide bonds. The van der Waals surface area contributed by atoms with Gasteiger partial charge in [0.1, 0.15) is 18.0 Å². The fraction of sp³-hybridized carbons (Fsp3) is 0.692. The first-order valence-electron chi connectivity index (χ1n) is 6.95. The van der Waals surface area contributed by atoms with Crippen LogP contribution < -0.4 is 16.0 Å². The Kier molecular flexibility index (Phi) is 4.93. The lowest BCUT2D eigenvalue weighted by Crippen LogP contribution is -2.48. The number of anilines is 2. The van der Waals surface area contributed by atoms with E-state index in [4.69, 9.17) is 5.73 Å². The van der Waals surface area contributed by atoms with Gasteiger partial charge in [0.2, 0.25) is 0 Å². The molecule has 19 heavy (non-hydrogen) atoms. The molecule has 0 saturated carbocycles. The summed E-state index contributed by atoms with van der Waals surface area (Å²) in [5.74, 6) is 1.90. The average molecular weight is 264 g/mol. The van der Waals surface area contributed by atoms with Crippen molar-refractivity contribution in [1.82, 2.24) is 14.9 Å². The molecule has 6 nitrogen and oxygen atoms in total. The van der Waals surface area contributed by atoms with E-state index in [0.29, 0.717) is 6.04 Å². The maximum atomic E-state index is 5.59. The number of nitrogens with zero attached hydrogens (tertiary/aromatic N) is 4. The Labute approximate surface area is 115 Å². The summed E-state index contributed by atoms with van der Waals surface area (Å²) in [6.07, 6.45) is 1.63. The Bertz CT molecular complexity index is 386. The van der Waals surface area contributed by atoms with Gasteiger partial charge in [0.25, 0.3) is 0 Å². The molecule has 1 aromatic rings. The topological polar surface area (TPSA) is 70.3 Å². The molecule has 1 saturated heterocycles. The van der Waals surface area contributed by atoms with Crippen LogP contribution in [0, 0.1) is 0 Å². The number of hydrogen-bond donors (Lipinski definition) is 2. The van der Waals surface area contributed by atoms with Crippen molar-refractivity contribution < 1.29 is 0 Å². The summed E-state index contributed by atoms with van der Waals surface area (Å²) in [4.78, 5) is 13.3. The summed E-state index contributed by atoms with van der Waals surface area (Å²) in [5, 5.41) is 3.31. The van der Waals surface area contributed by atoms with Crippen molar-refractivity contribution in [2.45, 2.75) is 19.9 Å². The molecule has 0 aromatic carbocycles. The van der Waals surface area contributed by atoms with E-state index in [-0.39, 0.29) is 0 Å². The van der Waals surface area contributed by atoms with Crippen LogP contribution in [0.1, 0.15) is 13.8 Å². The van der Waals surface area contributed by atoms with E-state index in [2.05, 4.69) is 38.9 Å². The van der Waals surface area contributed by atoms with Gasteiger partial charge in [-0.25, -0.2) is 9.97 Å². The third-order valence-corrected chi connectivity index (χ3v) is 3.23. The summed E-state index contributed by atoms with van der Waals surface area (Å²) >= 11 is 0. The number of hydrogen-bond acceptors (Lipinski definition) is 6. The van der Waals surface area contributed by atoms with E-state index in [1.165, 1.54) is 0 Å². The van der Waals surface area contributed by atoms with E-state index in [1.807, 2.05) is 6.07 Å². The molecule has 0 radical (unpaired) electrons. The van der Waals surface area contributed by atoms with Crippen LogP contribution in [0.5, 0.6) is 0 Å². The van der Waals surface area contributed by atoms with Crippen molar-refractivity contribution in [1.29, 1.82) is 0 Å². The largest absolute Gasteiger partial charge is 0.368 e. The van der Waals surface area contributed by atoms with Gasteiger partial charge in [-0.15, -0.1) is 0 Å². The summed E-state index contributed by atoms with van der Waals surface area (Å²) < 4.78 is 0. The monoisotopic (exact) mass is 264 g/mol. The van der Waals surface area contributed by atoms with Gasteiger partial charge in [-0.1, -0.05) is 0 Å². The predicted molar refractivity (Wildman–Crippen MR) is 78.5 cm³/mol. The maximum Gasteiger partial charge on any atom is 0.134 e. The second-order valence-electron chi connectivity index (χ2n) is 5.18. The quantitative estimate of drug-likeness (QED) is 0.801. The van der Waals surface area contributed by atoms with E-state index in [0.717, 1.165) is 50.9 Å². The molecule has 1 aromatic heterocycles. The average Bonchev–Trinajstić information content (AvgIpc) is 2.39. The van der Waals surface area contributed by atoms with Gasteiger partial charge in [0, 0.05) is 51.4 Å². The zero-order chi connectivity index (χ0) is 13.7. The molecule has 106 valence electrons. The minimum atomic E-state index is 0.379. The second-order valence-corrected chi connectivity index (χ2v) is 5.18. The lowest BCUT2D eigenvalue weighted by Gasteiger charge is -2.35. The molecule has 1 aliphatic heterocycles. The van der Waals surface area contributed by atoms with Gasteiger partial charge in [0.15, 0.2) is 0 Å². The number of nitrogens with two attached hydrogens (primary N) is 1. The fourth-order valence-corrected chi connectivity index (χ4v) is 2.28. The first-order chi connectivity index (χ1) is 9.19. The smallest absolute Gasteiger partial charge is 0.134 e. The van der Waals surface area contributed by atoms with Gasteiger partial charge in [-0.2, -0.15) is 0 Å². The zero-order valence-corrected chi connectivity index (χ0v) is 11.8. The zero-order valence-electron chi connectivity index (χ0n) is 11.8. The molecule has 3 N–H and O–H groups in total. The van der Waals surface area contributed by atoms with Crippen molar-refractivity contribution in [3.05, 3.63) is 12.4 Å². The molecule has 1 aliphatic rings.